The Hall–Kier alpha value is -0.660. The molecule has 0 fully saturated rings. The van der Waals surface area contributed by atoms with Crippen molar-refractivity contribution in [3.63, 3.8) is 0 Å². The van der Waals surface area contributed by atoms with Crippen molar-refractivity contribution >= 4 is 29.3 Å². The van der Waals surface area contributed by atoms with Crippen molar-refractivity contribution in [3.8, 4) is 0 Å². The first-order chi connectivity index (χ1) is 8.01. The SMILES string of the molecule is CCNC(C)(CSc1nc(CC)ns1)C(=O)O. The Balaban J connectivity index is 2.60. The maximum atomic E-state index is 11.2. The smallest absolute Gasteiger partial charge is 0.324 e. The van der Waals surface area contributed by atoms with Crippen LogP contribution < -0.4 is 5.32 Å². The Morgan fingerprint density at radius 3 is 2.76 bits per heavy atom. The summed E-state index contributed by atoms with van der Waals surface area (Å²) in [5.41, 5.74) is -0.919. The van der Waals surface area contributed by atoms with Gasteiger partial charge < -0.3 is 10.4 Å². The highest BCUT2D eigenvalue weighted by Gasteiger charge is 2.32. The van der Waals surface area contributed by atoms with Gasteiger partial charge >= 0.3 is 5.97 Å². The Morgan fingerprint density at radius 2 is 2.29 bits per heavy atom. The molecule has 0 saturated heterocycles. The minimum absolute atomic E-state index is 0.439. The first kappa shape index (κ1) is 14.4. The molecule has 1 unspecified atom stereocenters. The fourth-order valence-electron chi connectivity index (χ4n) is 1.22. The van der Waals surface area contributed by atoms with Crippen molar-refractivity contribution in [2.24, 2.45) is 0 Å². The number of aliphatic carboxylic acids is 1. The highest BCUT2D eigenvalue weighted by Crippen LogP contribution is 2.24. The molecule has 1 heterocycles. The van der Waals surface area contributed by atoms with Crippen LogP contribution in [0.3, 0.4) is 0 Å². The van der Waals surface area contributed by atoms with Crippen LogP contribution in [0, 0.1) is 0 Å². The summed E-state index contributed by atoms with van der Waals surface area (Å²) < 4.78 is 4.99. The second-order valence-electron chi connectivity index (χ2n) is 3.79. The van der Waals surface area contributed by atoms with Crippen LogP contribution in [0.4, 0.5) is 0 Å². The van der Waals surface area contributed by atoms with Crippen molar-refractivity contribution in [3.05, 3.63) is 5.82 Å². The van der Waals surface area contributed by atoms with Crippen LogP contribution in [0.1, 0.15) is 26.6 Å². The van der Waals surface area contributed by atoms with Crippen molar-refractivity contribution in [2.75, 3.05) is 12.3 Å². The zero-order valence-electron chi connectivity index (χ0n) is 10.2. The van der Waals surface area contributed by atoms with Gasteiger partial charge in [0.15, 0.2) is 4.34 Å². The van der Waals surface area contributed by atoms with E-state index < -0.39 is 11.5 Å². The monoisotopic (exact) mass is 275 g/mol. The van der Waals surface area contributed by atoms with E-state index in [0.29, 0.717) is 12.3 Å². The summed E-state index contributed by atoms with van der Waals surface area (Å²) in [5.74, 6) is 0.416. The molecule has 7 heteroatoms. The van der Waals surface area contributed by atoms with E-state index in [2.05, 4.69) is 14.7 Å². The predicted molar refractivity (Wildman–Crippen MR) is 69.7 cm³/mol. The van der Waals surface area contributed by atoms with E-state index in [-0.39, 0.29) is 0 Å². The third-order valence-electron chi connectivity index (χ3n) is 2.29. The molecule has 0 radical (unpaired) electrons. The summed E-state index contributed by atoms with van der Waals surface area (Å²) in [7, 11) is 0. The number of thioether (sulfide) groups is 1. The fourth-order valence-corrected chi connectivity index (χ4v) is 3.03. The molecule has 0 aliphatic carbocycles. The van der Waals surface area contributed by atoms with Crippen LogP contribution in [-0.4, -0.2) is 38.3 Å². The lowest BCUT2D eigenvalue weighted by Gasteiger charge is -2.24. The summed E-state index contributed by atoms with van der Waals surface area (Å²) in [4.78, 5) is 15.5. The Labute approximate surface area is 109 Å². The standard InChI is InChI=1S/C10H17N3O2S2/c1-4-7-12-9(17-13-7)16-6-10(3,8(14)15)11-5-2/h11H,4-6H2,1-3H3,(H,14,15). The van der Waals surface area contributed by atoms with Crippen molar-refractivity contribution < 1.29 is 9.90 Å². The van der Waals surface area contributed by atoms with Crippen molar-refractivity contribution in [1.29, 1.82) is 0 Å². The Morgan fingerprint density at radius 1 is 1.59 bits per heavy atom. The number of rotatable bonds is 7. The van der Waals surface area contributed by atoms with E-state index in [9.17, 15) is 9.90 Å². The molecule has 96 valence electrons. The van der Waals surface area contributed by atoms with Crippen LogP contribution in [0.5, 0.6) is 0 Å². The minimum atomic E-state index is -0.919. The number of likely N-dealkylation sites (N-methyl/N-ethyl adjacent to an activating group) is 1. The first-order valence-corrected chi connectivity index (χ1v) is 7.21. The Bertz CT molecular complexity index is 383. The van der Waals surface area contributed by atoms with Gasteiger partial charge in [-0.1, -0.05) is 25.6 Å². The second kappa shape index (κ2) is 6.32. The van der Waals surface area contributed by atoms with E-state index in [1.54, 1.807) is 6.92 Å². The van der Waals surface area contributed by atoms with Crippen LogP contribution >= 0.6 is 23.3 Å². The minimum Gasteiger partial charge on any atom is -0.480 e. The van der Waals surface area contributed by atoms with Gasteiger partial charge in [0, 0.05) is 12.2 Å². The van der Waals surface area contributed by atoms with Gasteiger partial charge in [0.2, 0.25) is 0 Å². The summed E-state index contributed by atoms with van der Waals surface area (Å²) in [6.07, 6.45) is 0.806. The van der Waals surface area contributed by atoms with Gasteiger partial charge in [-0.05, 0) is 25.0 Å². The van der Waals surface area contributed by atoms with E-state index in [0.717, 1.165) is 16.6 Å². The van der Waals surface area contributed by atoms with Crippen LogP contribution in [0.2, 0.25) is 0 Å². The predicted octanol–water partition coefficient (Wildman–Crippen LogP) is 1.65. The summed E-state index contributed by atoms with van der Waals surface area (Å²) >= 11 is 2.76. The van der Waals surface area contributed by atoms with Gasteiger partial charge in [0.1, 0.15) is 11.4 Å². The number of carbonyl (C=O) groups is 1. The van der Waals surface area contributed by atoms with Gasteiger partial charge in [0.25, 0.3) is 0 Å². The van der Waals surface area contributed by atoms with E-state index in [1.165, 1.54) is 23.3 Å². The normalized spacial score (nSPS) is 14.5. The molecular formula is C10H17N3O2S2. The lowest BCUT2D eigenvalue weighted by atomic mass is 10.1. The summed E-state index contributed by atoms with van der Waals surface area (Å²) in [6, 6.07) is 0. The second-order valence-corrected chi connectivity index (χ2v) is 5.76. The topological polar surface area (TPSA) is 75.1 Å². The van der Waals surface area contributed by atoms with Gasteiger partial charge in [-0.2, -0.15) is 4.37 Å². The maximum Gasteiger partial charge on any atom is 0.324 e. The molecule has 1 atom stereocenters. The summed E-state index contributed by atoms with van der Waals surface area (Å²) in [6.45, 7) is 6.20. The van der Waals surface area contributed by atoms with E-state index in [4.69, 9.17) is 0 Å². The quantitative estimate of drug-likeness (QED) is 0.737. The number of nitrogens with zero attached hydrogens (tertiary/aromatic N) is 2. The van der Waals surface area contributed by atoms with Gasteiger partial charge in [0.05, 0.1) is 0 Å². The molecule has 0 aliphatic heterocycles. The van der Waals surface area contributed by atoms with Gasteiger partial charge in [-0.15, -0.1) is 0 Å². The number of aryl methyl sites for hydroxylation is 1. The molecule has 0 spiro atoms. The zero-order chi connectivity index (χ0) is 12.9. The number of hydrogen-bond acceptors (Lipinski definition) is 6. The van der Waals surface area contributed by atoms with Gasteiger partial charge in [-0.3, -0.25) is 4.79 Å². The van der Waals surface area contributed by atoms with E-state index in [1.807, 2.05) is 13.8 Å². The number of nitrogens with one attached hydrogen (secondary N) is 1. The Kier molecular flexibility index (Phi) is 5.35. The fraction of sp³-hybridized carbons (Fsp3) is 0.700. The third kappa shape index (κ3) is 3.93. The van der Waals surface area contributed by atoms with Crippen molar-refractivity contribution in [2.45, 2.75) is 37.1 Å². The molecule has 0 aromatic carbocycles. The maximum absolute atomic E-state index is 11.2. The average molecular weight is 275 g/mol. The molecule has 1 rings (SSSR count). The number of hydrogen-bond donors (Lipinski definition) is 2. The molecule has 2 N–H and O–H groups in total. The van der Waals surface area contributed by atoms with Crippen LogP contribution in [0.15, 0.2) is 4.34 Å². The average Bonchev–Trinajstić information content (AvgIpc) is 2.74. The zero-order valence-corrected chi connectivity index (χ0v) is 11.8. The van der Waals surface area contributed by atoms with E-state index >= 15 is 0 Å². The molecule has 5 nitrogen and oxygen atoms in total. The highest BCUT2D eigenvalue weighted by molar-refractivity contribution is 8.01. The molecular weight excluding hydrogens is 258 g/mol. The molecule has 0 saturated carbocycles. The first-order valence-electron chi connectivity index (χ1n) is 5.45. The largest absolute Gasteiger partial charge is 0.480 e. The lowest BCUT2D eigenvalue weighted by molar-refractivity contribution is -0.143. The highest BCUT2D eigenvalue weighted by atomic mass is 32.2. The van der Waals surface area contributed by atoms with Crippen LogP contribution in [-0.2, 0) is 11.2 Å². The molecule has 0 amide bonds. The molecule has 0 bridgehead atoms. The lowest BCUT2D eigenvalue weighted by Crippen LogP contribution is -2.51. The number of aromatic nitrogens is 2. The molecule has 1 aromatic heterocycles. The van der Waals surface area contributed by atoms with Gasteiger partial charge in [-0.25, -0.2) is 4.98 Å². The molecule has 17 heavy (non-hydrogen) atoms. The van der Waals surface area contributed by atoms with Crippen LogP contribution in [0.25, 0.3) is 0 Å². The summed E-state index contributed by atoms with van der Waals surface area (Å²) in [5, 5.41) is 12.2. The molecule has 1 aromatic rings. The third-order valence-corrected chi connectivity index (χ3v) is 4.48. The number of carboxylic acid groups (broad SMARTS) is 1. The van der Waals surface area contributed by atoms with Crippen molar-refractivity contribution in [1.82, 2.24) is 14.7 Å². The molecule has 0 aliphatic rings. The number of carboxylic acids is 1.